The summed E-state index contributed by atoms with van der Waals surface area (Å²) in [5.41, 5.74) is 0.762. The normalized spacial score (nSPS) is 18.4. The topological polar surface area (TPSA) is 73.4 Å². The first-order chi connectivity index (χ1) is 10.1. The molecule has 1 fully saturated rings. The fourth-order valence-electron chi connectivity index (χ4n) is 2.94. The highest BCUT2D eigenvalue weighted by atomic mass is 16.6. The summed E-state index contributed by atoms with van der Waals surface area (Å²) in [5.74, 6) is 0. The number of anilines is 1. The Kier molecular flexibility index (Phi) is 4.76. The lowest BCUT2D eigenvalue weighted by Gasteiger charge is -2.29. The number of likely N-dealkylation sites (N-methyl/N-ethyl adjacent to an activating group) is 2. The minimum atomic E-state index is -0.496. The molecule has 6 nitrogen and oxygen atoms in total. The van der Waals surface area contributed by atoms with Crippen LogP contribution in [-0.2, 0) is 0 Å². The molecule has 1 aliphatic rings. The van der Waals surface area contributed by atoms with Crippen molar-refractivity contribution in [3.8, 4) is 6.07 Å². The zero-order chi connectivity index (χ0) is 15.4. The van der Waals surface area contributed by atoms with Gasteiger partial charge in [0.15, 0.2) is 0 Å². The number of hydrogen-bond donors (Lipinski definition) is 0. The smallest absolute Gasteiger partial charge is 0.289 e. The first-order valence-corrected chi connectivity index (χ1v) is 7.20. The van der Waals surface area contributed by atoms with Gasteiger partial charge in [-0.2, -0.15) is 5.26 Å². The second-order valence-corrected chi connectivity index (χ2v) is 5.38. The van der Waals surface area contributed by atoms with E-state index in [9.17, 15) is 10.1 Å². The minimum absolute atomic E-state index is 0.105. The summed E-state index contributed by atoms with van der Waals surface area (Å²) in [4.78, 5) is 15.0. The molecule has 1 aromatic carbocycles. The summed E-state index contributed by atoms with van der Waals surface area (Å²) >= 11 is 0. The number of nitro groups is 1. The van der Waals surface area contributed by atoms with E-state index in [2.05, 4.69) is 11.8 Å². The van der Waals surface area contributed by atoms with Gasteiger partial charge in [0.1, 0.15) is 11.6 Å². The largest absolute Gasteiger partial charge is 0.373 e. The van der Waals surface area contributed by atoms with Gasteiger partial charge < -0.3 is 4.90 Å². The van der Waals surface area contributed by atoms with Crippen LogP contribution in [0.1, 0.15) is 25.3 Å². The van der Waals surface area contributed by atoms with Crippen LogP contribution in [0.2, 0.25) is 0 Å². The van der Waals surface area contributed by atoms with Crippen molar-refractivity contribution in [1.29, 1.82) is 5.26 Å². The summed E-state index contributed by atoms with van der Waals surface area (Å²) in [6.07, 6.45) is 2.37. The van der Waals surface area contributed by atoms with Crippen LogP contribution in [0.5, 0.6) is 0 Å². The average molecular weight is 288 g/mol. The van der Waals surface area contributed by atoms with Crippen LogP contribution in [0, 0.1) is 21.4 Å². The van der Waals surface area contributed by atoms with E-state index in [1.807, 2.05) is 18.0 Å². The van der Waals surface area contributed by atoms with Gasteiger partial charge in [0.25, 0.3) is 5.69 Å². The predicted octanol–water partition coefficient (Wildman–Crippen LogP) is 2.39. The number of hydrogen-bond acceptors (Lipinski definition) is 5. The molecule has 1 atom stereocenters. The van der Waals surface area contributed by atoms with E-state index in [4.69, 9.17) is 5.26 Å². The van der Waals surface area contributed by atoms with E-state index in [1.165, 1.54) is 18.6 Å². The Bertz CT molecular complexity index is 567. The molecule has 21 heavy (non-hydrogen) atoms. The second kappa shape index (κ2) is 6.55. The maximum Gasteiger partial charge on any atom is 0.289 e. The lowest BCUT2D eigenvalue weighted by atomic mass is 10.1. The van der Waals surface area contributed by atoms with Crippen molar-refractivity contribution in [2.45, 2.75) is 25.8 Å². The first-order valence-electron chi connectivity index (χ1n) is 7.20. The van der Waals surface area contributed by atoms with Crippen LogP contribution >= 0.6 is 0 Å². The molecular formula is C15H20N4O2. The Morgan fingerprint density at radius 2 is 2.33 bits per heavy atom. The van der Waals surface area contributed by atoms with Crippen LogP contribution in [0.15, 0.2) is 18.2 Å². The van der Waals surface area contributed by atoms with Gasteiger partial charge in [0.2, 0.25) is 0 Å². The van der Waals surface area contributed by atoms with Crippen molar-refractivity contribution < 1.29 is 4.92 Å². The molecule has 0 aliphatic carbocycles. The molecule has 1 unspecified atom stereocenters. The van der Waals surface area contributed by atoms with E-state index >= 15 is 0 Å². The molecule has 1 aliphatic heterocycles. The lowest BCUT2D eigenvalue weighted by Crippen LogP contribution is -2.38. The number of nitriles is 1. The minimum Gasteiger partial charge on any atom is -0.373 e. The maximum atomic E-state index is 11.0. The van der Waals surface area contributed by atoms with Crippen molar-refractivity contribution in [1.82, 2.24) is 4.90 Å². The predicted molar refractivity (Wildman–Crippen MR) is 81.4 cm³/mol. The summed E-state index contributed by atoms with van der Waals surface area (Å²) in [7, 11) is 1.94. The zero-order valence-corrected chi connectivity index (χ0v) is 12.5. The van der Waals surface area contributed by atoms with Gasteiger partial charge in [-0.05, 0) is 38.1 Å². The van der Waals surface area contributed by atoms with Crippen LogP contribution < -0.4 is 4.90 Å². The fourth-order valence-corrected chi connectivity index (χ4v) is 2.94. The molecule has 0 spiro atoms. The first kappa shape index (κ1) is 15.3. The van der Waals surface area contributed by atoms with Crippen LogP contribution in [0.25, 0.3) is 0 Å². The summed E-state index contributed by atoms with van der Waals surface area (Å²) < 4.78 is 0. The Balaban J connectivity index is 2.16. The zero-order valence-electron chi connectivity index (χ0n) is 12.5. The van der Waals surface area contributed by atoms with Gasteiger partial charge in [0.05, 0.1) is 4.92 Å². The highest BCUT2D eigenvalue weighted by Crippen LogP contribution is 2.26. The molecular weight excluding hydrogens is 268 g/mol. The highest BCUT2D eigenvalue weighted by molar-refractivity contribution is 5.60. The third-order valence-corrected chi connectivity index (χ3v) is 4.13. The van der Waals surface area contributed by atoms with E-state index in [-0.39, 0.29) is 11.3 Å². The Morgan fingerprint density at radius 3 is 2.95 bits per heavy atom. The van der Waals surface area contributed by atoms with E-state index in [1.54, 1.807) is 6.07 Å². The Morgan fingerprint density at radius 1 is 1.57 bits per heavy atom. The third-order valence-electron chi connectivity index (χ3n) is 4.13. The van der Waals surface area contributed by atoms with Crippen molar-refractivity contribution in [3.63, 3.8) is 0 Å². The molecule has 0 aromatic heterocycles. The maximum absolute atomic E-state index is 11.0. The molecule has 1 aromatic rings. The van der Waals surface area contributed by atoms with Crippen molar-refractivity contribution in [2.75, 3.05) is 31.6 Å². The Hall–Kier alpha value is -2.13. The Labute approximate surface area is 124 Å². The number of nitro benzene ring substituents is 1. The SMILES string of the molecule is CCN1CCCC1CN(C)c1ccc(C#N)c([N+](=O)[O-])c1. The molecule has 2 rings (SSSR count). The van der Waals surface area contributed by atoms with E-state index in [0.29, 0.717) is 6.04 Å². The van der Waals surface area contributed by atoms with Crippen molar-refractivity contribution >= 4 is 11.4 Å². The van der Waals surface area contributed by atoms with Gasteiger partial charge in [-0.1, -0.05) is 6.92 Å². The fraction of sp³-hybridized carbons (Fsp3) is 0.533. The highest BCUT2D eigenvalue weighted by Gasteiger charge is 2.25. The number of likely N-dealkylation sites (tertiary alicyclic amines) is 1. The van der Waals surface area contributed by atoms with Gasteiger partial charge >= 0.3 is 0 Å². The third kappa shape index (κ3) is 3.31. The van der Waals surface area contributed by atoms with Gasteiger partial charge in [-0.15, -0.1) is 0 Å². The quantitative estimate of drug-likeness (QED) is 0.614. The van der Waals surface area contributed by atoms with Crippen LogP contribution in [0.3, 0.4) is 0 Å². The summed E-state index contributed by atoms with van der Waals surface area (Å²) in [6, 6.07) is 7.15. The van der Waals surface area contributed by atoms with E-state index < -0.39 is 4.92 Å². The lowest BCUT2D eigenvalue weighted by molar-refractivity contribution is -0.385. The molecule has 0 saturated carbocycles. The monoisotopic (exact) mass is 288 g/mol. The molecule has 112 valence electrons. The van der Waals surface area contributed by atoms with Gasteiger partial charge in [-0.3, -0.25) is 15.0 Å². The van der Waals surface area contributed by atoms with Gasteiger partial charge in [-0.25, -0.2) is 0 Å². The molecule has 6 heteroatoms. The number of nitrogens with zero attached hydrogens (tertiary/aromatic N) is 4. The molecule has 0 radical (unpaired) electrons. The van der Waals surface area contributed by atoms with Gasteiger partial charge in [0, 0.05) is 31.4 Å². The number of rotatable bonds is 5. The average Bonchev–Trinajstić information content (AvgIpc) is 2.93. The van der Waals surface area contributed by atoms with Crippen molar-refractivity contribution in [2.24, 2.45) is 0 Å². The van der Waals surface area contributed by atoms with Crippen LogP contribution in [0.4, 0.5) is 11.4 Å². The molecule has 0 bridgehead atoms. The summed E-state index contributed by atoms with van der Waals surface area (Å²) in [5, 5.41) is 19.9. The molecule has 1 heterocycles. The standard InChI is InChI=1S/C15H20N4O2/c1-3-18-8-4-5-14(18)11-17(2)13-7-6-12(10-16)15(9-13)19(20)21/h6-7,9,14H,3-5,8,11H2,1-2H3. The van der Waals surface area contributed by atoms with Crippen LogP contribution in [-0.4, -0.2) is 42.5 Å². The summed E-state index contributed by atoms with van der Waals surface area (Å²) in [6.45, 7) is 5.16. The molecule has 0 N–H and O–H groups in total. The van der Waals surface area contributed by atoms with Crippen molar-refractivity contribution in [3.05, 3.63) is 33.9 Å². The molecule has 1 saturated heterocycles. The molecule has 0 amide bonds. The van der Waals surface area contributed by atoms with E-state index in [0.717, 1.165) is 31.7 Å². The second-order valence-electron chi connectivity index (χ2n) is 5.38. The number of benzene rings is 1.